The molecule has 3 aromatic rings. The van der Waals surface area contributed by atoms with Crippen molar-refractivity contribution in [1.82, 2.24) is 13.9 Å². The lowest BCUT2D eigenvalue weighted by molar-refractivity contribution is 0.452. The summed E-state index contributed by atoms with van der Waals surface area (Å²) in [5.74, 6) is 0.944. The Morgan fingerprint density at radius 2 is 1.82 bits per heavy atom. The molecule has 28 heavy (non-hydrogen) atoms. The van der Waals surface area contributed by atoms with Crippen LogP contribution < -0.4 is 0 Å². The molecule has 2 heterocycles. The highest BCUT2D eigenvalue weighted by molar-refractivity contribution is 7.89. The standard InChI is InChI=1S/C22H25N3O2S/c1-16-23-21-8-4-5-9-22(21)25(16)19-12-13-24(15-19)28(26,27)20-11-10-17-6-2-3-7-18(17)14-20/h4-5,8-11,14,19H,2-3,6-7,12-13,15H2,1H3. The average Bonchev–Trinajstić information content (AvgIpc) is 3.31. The van der Waals surface area contributed by atoms with Crippen LogP contribution in [0.3, 0.4) is 0 Å². The average molecular weight is 396 g/mol. The van der Waals surface area contributed by atoms with Crippen LogP contribution >= 0.6 is 0 Å². The lowest BCUT2D eigenvalue weighted by Gasteiger charge is -2.21. The van der Waals surface area contributed by atoms with Gasteiger partial charge in [0.05, 0.1) is 22.0 Å². The zero-order valence-corrected chi connectivity index (χ0v) is 17.0. The largest absolute Gasteiger partial charge is 0.324 e. The van der Waals surface area contributed by atoms with Crippen LogP contribution in [0, 0.1) is 6.92 Å². The van der Waals surface area contributed by atoms with E-state index in [4.69, 9.17) is 0 Å². The zero-order chi connectivity index (χ0) is 19.3. The molecule has 1 saturated heterocycles. The SMILES string of the molecule is Cc1nc2ccccc2n1C1CCN(S(=O)(=O)c2ccc3c(c2)CCCC3)C1. The maximum Gasteiger partial charge on any atom is 0.243 e. The second kappa shape index (κ2) is 6.71. The van der Waals surface area contributed by atoms with E-state index in [1.165, 1.54) is 17.5 Å². The molecule has 0 bridgehead atoms. The maximum absolute atomic E-state index is 13.3. The summed E-state index contributed by atoms with van der Waals surface area (Å²) in [6.07, 6.45) is 5.21. The second-order valence-corrected chi connectivity index (χ2v) is 9.90. The Bertz CT molecular complexity index is 1150. The first-order valence-corrected chi connectivity index (χ1v) is 11.5. The Labute approximate surface area is 166 Å². The number of aromatic nitrogens is 2. The molecule has 0 radical (unpaired) electrons. The Morgan fingerprint density at radius 1 is 1.04 bits per heavy atom. The summed E-state index contributed by atoms with van der Waals surface area (Å²) in [7, 11) is -3.46. The molecule has 146 valence electrons. The number of imidazole rings is 1. The zero-order valence-electron chi connectivity index (χ0n) is 16.1. The topological polar surface area (TPSA) is 55.2 Å². The van der Waals surface area contributed by atoms with Gasteiger partial charge in [-0.05, 0) is 74.4 Å². The molecule has 1 aliphatic carbocycles. The molecule has 5 nitrogen and oxygen atoms in total. The molecular weight excluding hydrogens is 370 g/mol. The number of sulfonamides is 1. The molecule has 1 aromatic heterocycles. The van der Waals surface area contributed by atoms with E-state index in [1.54, 1.807) is 10.4 Å². The summed E-state index contributed by atoms with van der Waals surface area (Å²) < 4.78 is 30.4. The Balaban J connectivity index is 1.44. The molecule has 6 heteroatoms. The third-order valence-corrected chi connectivity index (χ3v) is 8.08. The first-order valence-electron chi connectivity index (χ1n) is 10.1. The van der Waals surface area contributed by atoms with Gasteiger partial charge in [-0.15, -0.1) is 0 Å². The third kappa shape index (κ3) is 2.86. The second-order valence-electron chi connectivity index (χ2n) is 7.96. The van der Waals surface area contributed by atoms with Crippen molar-refractivity contribution in [2.24, 2.45) is 0 Å². The van der Waals surface area contributed by atoms with E-state index in [9.17, 15) is 8.42 Å². The Morgan fingerprint density at radius 3 is 2.68 bits per heavy atom. The van der Waals surface area contributed by atoms with Crippen molar-refractivity contribution in [2.75, 3.05) is 13.1 Å². The summed E-state index contributed by atoms with van der Waals surface area (Å²) in [5, 5.41) is 0. The molecule has 1 unspecified atom stereocenters. The van der Waals surface area contributed by atoms with Crippen LogP contribution in [0.2, 0.25) is 0 Å². The monoisotopic (exact) mass is 395 g/mol. The predicted octanol–water partition coefficient (Wildman–Crippen LogP) is 3.86. The third-order valence-electron chi connectivity index (χ3n) is 6.22. The molecule has 1 fully saturated rings. The molecule has 0 saturated carbocycles. The molecule has 1 atom stereocenters. The van der Waals surface area contributed by atoms with Gasteiger partial charge in [0, 0.05) is 13.1 Å². The molecule has 1 aliphatic heterocycles. The minimum absolute atomic E-state index is 0.125. The van der Waals surface area contributed by atoms with Crippen molar-refractivity contribution in [3.05, 3.63) is 59.4 Å². The molecule has 0 N–H and O–H groups in total. The van der Waals surface area contributed by atoms with Gasteiger partial charge in [0.1, 0.15) is 5.82 Å². The Kier molecular flexibility index (Phi) is 4.29. The first-order chi connectivity index (χ1) is 13.5. The van der Waals surface area contributed by atoms with E-state index in [0.717, 1.165) is 42.5 Å². The molecule has 0 amide bonds. The fourth-order valence-electron chi connectivity index (χ4n) is 4.78. The predicted molar refractivity (Wildman–Crippen MR) is 110 cm³/mol. The van der Waals surface area contributed by atoms with Crippen LogP contribution in [-0.4, -0.2) is 35.4 Å². The number of nitrogens with zero attached hydrogens (tertiary/aromatic N) is 3. The van der Waals surface area contributed by atoms with E-state index in [2.05, 4.69) is 15.6 Å². The van der Waals surface area contributed by atoms with E-state index in [-0.39, 0.29) is 6.04 Å². The van der Waals surface area contributed by atoms with Crippen molar-refractivity contribution in [3.8, 4) is 0 Å². The summed E-state index contributed by atoms with van der Waals surface area (Å²) in [6, 6.07) is 13.9. The molecule has 0 spiro atoms. The van der Waals surface area contributed by atoms with Gasteiger partial charge in [-0.2, -0.15) is 4.31 Å². The highest BCUT2D eigenvalue weighted by Crippen LogP contribution is 2.32. The molecule has 2 aliphatic rings. The van der Waals surface area contributed by atoms with Crippen LogP contribution in [0.25, 0.3) is 11.0 Å². The van der Waals surface area contributed by atoms with E-state index in [1.807, 2.05) is 37.3 Å². The summed E-state index contributed by atoms with van der Waals surface area (Å²) in [5.41, 5.74) is 4.57. The highest BCUT2D eigenvalue weighted by atomic mass is 32.2. The van der Waals surface area contributed by atoms with Gasteiger partial charge >= 0.3 is 0 Å². The summed E-state index contributed by atoms with van der Waals surface area (Å²) >= 11 is 0. The van der Waals surface area contributed by atoms with Crippen LogP contribution in [0.15, 0.2) is 47.4 Å². The van der Waals surface area contributed by atoms with E-state index < -0.39 is 10.0 Å². The van der Waals surface area contributed by atoms with Gasteiger partial charge in [-0.1, -0.05) is 18.2 Å². The van der Waals surface area contributed by atoms with Crippen molar-refractivity contribution in [1.29, 1.82) is 0 Å². The molecule has 2 aromatic carbocycles. The number of hydrogen-bond donors (Lipinski definition) is 0. The lowest BCUT2D eigenvalue weighted by atomic mass is 9.92. The first kappa shape index (κ1) is 17.9. The number of aryl methyl sites for hydroxylation is 3. The normalized spacial score (nSPS) is 20.5. The van der Waals surface area contributed by atoms with E-state index >= 15 is 0 Å². The van der Waals surface area contributed by atoms with Gasteiger partial charge in [0.25, 0.3) is 0 Å². The number of fused-ring (bicyclic) bond motifs is 2. The fraction of sp³-hybridized carbons (Fsp3) is 0.409. The minimum atomic E-state index is -3.46. The smallest absolute Gasteiger partial charge is 0.243 e. The Hall–Kier alpha value is -2.18. The minimum Gasteiger partial charge on any atom is -0.324 e. The lowest BCUT2D eigenvalue weighted by Crippen LogP contribution is -2.29. The van der Waals surface area contributed by atoms with Crippen LogP contribution in [0.1, 0.15) is 42.3 Å². The van der Waals surface area contributed by atoms with Gasteiger partial charge in [-0.3, -0.25) is 0 Å². The number of para-hydroxylation sites is 2. The van der Waals surface area contributed by atoms with Gasteiger partial charge in [0.2, 0.25) is 10.0 Å². The van der Waals surface area contributed by atoms with Gasteiger partial charge in [-0.25, -0.2) is 13.4 Å². The summed E-state index contributed by atoms with van der Waals surface area (Å²) in [4.78, 5) is 5.09. The van der Waals surface area contributed by atoms with Gasteiger partial charge in [0.15, 0.2) is 0 Å². The highest BCUT2D eigenvalue weighted by Gasteiger charge is 2.34. The molecular formula is C22H25N3O2S. The number of rotatable bonds is 3. The van der Waals surface area contributed by atoms with Gasteiger partial charge < -0.3 is 4.57 Å². The van der Waals surface area contributed by atoms with Crippen molar-refractivity contribution < 1.29 is 8.42 Å². The van der Waals surface area contributed by atoms with Crippen molar-refractivity contribution in [3.63, 3.8) is 0 Å². The van der Waals surface area contributed by atoms with Crippen LogP contribution in [0.5, 0.6) is 0 Å². The number of benzene rings is 2. The van der Waals surface area contributed by atoms with Crippen LogP contribution in [0.4, 0.5) is 0 Å². The molecule has 5 rings (SSSR count). The van der Waals surface area contributed by atoms with Crippen molar-refractivity contribution in [2.45, 2.75) is 50.0 Å². The number of hydrogen-bond acceptors (Lipinski definition) is 3. The van der Waals surface area contributed by atoms with Crippen molar-refractivity contribution >= 4 is 21.1 Å². The maximum atomic E-state index is 13.3. The quantitative estimate of drug-likeness (QED) is 0.677. The van der Waals surface area contributed by atoms with E-state index in [0.29, 0.717) is 18.0 Å². The van der Waals surface area contributed by atoms with Crippen LogP contribution in [-0.2, 0) is 22.9 Å². The summed E-state index contributed by atoms with van der Waals surface area (Å²) in [6.45, 7) is 3.05. The fourth-order valence-corrected chi connectivity index (χ4v) is 6.33.